The van der Waals surface area contributed by atoms with Crippen molar-refractivity contribution in [2.75, 3.05) is 0 Å². The van der Waals surface area contributed by atoms with E-state index in [4.69, 9.17) is 10.2 Å². The second-order valence-corrected chi connectivity index (χ2v) is 6.91. The minimum Gasteiger partial charge on any atom is -0.481 e. The van der Waals surface area contributed by atoms with E-state index in [1.807, 2.05) is 6.92 Å². The Balaban J connectivity index is 3.07. The van der Waals surface area contributed by atoms with E-state index in [2.05, 4.69) is 0 Å². The molecule has 132 valence electrons. The zero-order valence-electron chi connectivity index (χ0n) is 14.9. The van der Waals surface area contributed by atoms with Crippen molar-refractivity contribution in [2.45, 2.75) is 110 Å². The maximum Gasteiger partial charge on any atom is 0.306 e. The van der Waals surface area contributed by atoms with Gasteiger partial charge in [0.25, 0.3) is 0 Å². The summed E-state index contributed by atoms with van der Waals surface area (Å²) >= 11 is 0. The molecule has 0 saturated heterocycles. The first kappa shape index (κ1) is 21.4. The van der Waals surface area contributed by atoms with Gasteiger partial charge < -0.3 is 10.2 Å². The maximum atomic E-state index is 10.7. The Morgan fingerprint density at radius 1 is 0.682 bits per heavy atom. The van der Waals surface area contributed by atoms with Gasteiger partial charge in [-0.25, -0.2) is 0 Å². The quantitative estimate of drug-likeness (QED) is 0.367. The van der Waals surface area contributed by atoms with Gasteiger partial charge in [0.2, 0.25) is 0 Å². The van der Waals surface area contributed by atoms with Crippen LogP contribution in [-0.2, 0) is 4.79 Å². The van der Waals surface area contributed by atoms with Crippen LogP contribution in [0.1, 0.15) is 104 Å². The van der Waals surface area contributed by atoms with Crippen molar-refractivity contribution < 1.29 is 15.0 Å². The molecule has 3 heteroatoms. The van der Waals surface area contributed by atoms with E-state index in [1.54, 1.807) is 6.92 Å². The summed E-state index contributed by atoms with van der Waals surface area (Å²) in [6.07, 6.45) is 16.9. The molecule has 0 spiro atoms. The molecule has 3 nitrogen and oxygen atoms in total. The standard InChI is InChI=1S/C19H38O3/c1-17(19(21)22)15-13-11-9-7-5-3-4-6-8-10-12-14-16-18(2)20/h17-18,20H,3-16H2,1-2H3,(H,21,22). The number of unbranched alkanes of at least 4 members (excludes halogenated alkanes) is 11. The minimum absolute atomic E-state index is 0.132. The van der Waals surface area contributed by atoms with Crippen LogP contribution in [0.25, 0.3) is 0 Å². The van der Waals surface area contributed by atoms with Gasteiger partial charge in [-0.3, -0.25) is 4.79 Å². The molecule has 0 aromatic rings. The highest BCUT2D eigenvalue weighted by Crippen LogP contribution is 2.14. The molecule has 0 aliphatic carbocycles. The Labute approximate surface area is 137 Å². The summed E-state index contributed by atoms with van der Waals surface area (Å²) in [6.45, 7) is 3.67. The second-order valence-electron chi connectivity index (χ2n) is 6.91. The van der Waals surface area contributed by atoms with E-state index in [1.165, 1.54) is 64.2 Å². The van der Waals surface area contributed by atoms with Gasteiger partial charge in [-0.2, -0.15) is 0 Å². The van der Waals surface area contributed by atoms with Gasteiger partial charge in [0.05, 0.1) is 12.0 Å². The van der Waals surface area contributed by atoms with Gasteiger partial charge in [0.1, 0.15) is 0 Å². The summed E-state index contributed by atoms with van der Waals surface area (Å²) in [4.78, 5) is 10.7. The molecule has 22 heavy (non-hydrogen) atoms. The molecule has 0 fully saturated rings. The topological polar surface area (TPSA) is 57.5 Å². The van der Waals surface area contributed by atoms with Gasteiger partial charge >= 0.3 is 5.97 Å². The fourth-order valence-electron chi connectivity index (χ4n) is 2.78. The van der Waals surface area contributed by atoms with Crippen LogP contribution in [0.15, 0.2) is 0 Å². The predicted octanol–water partition coefficient (Wildman–Crippen LogP) is 5.55. The Hall–Kier alpha value is -0.570. The molecular weight excluding hydrogens is 276 g/mol. The summed E-state index contributed by atoms with van der Waals surface area (Å²) in [7, 11) is 0. The number of aliphatic hydroxyl groups is 1. The van der Waals surface area contributed by atoms with Crippen molar-refractivity contribution >= 4 is 5.97 Å². The lowest BCUT2D eigenvalue weighted by Crippen LogP contribution is -2.08. The molecule has 0 aliphatic heterocycles. The Morgan fingerprint density at radius 3 is 1.32 bits per heavy atom. The number of carboxylic acids is 1. The summed E-state index contributed by atoms with van der Waals surface area (Å²) in [5, 5.41) is 17.9. The monoisotopic (exact) mass is 314 g/mol. The van der Waals surface area contributed by atoms with Gasteiger partial charge in [0, 0.05) is 0 Å². The third-order valence-electron chi connectivity index (χ3n) is 4.43. The molecule has 0 amide bonds. The highest BCUT2D eigenvalue weighted by atomic mass is 16.4. The molecule has 0 heterocycles. The smallest absolute Gasteiger partial charge is 0.306 e. The van der Waals surface area contributed by atoms with Crippen LogP contribution in [0.4, 0.5) is 0 Å². The summed E-state index contributed by atoms with van der Waals surface area (Å²) in [5.41, 5.74) is 0. The van der Waals surface area contributed by atoms with Crippen LogP contribution in [0.3, 0.4) is 0 Å². The van der Waals surface area contributed by atoms with E-state index in [0.29, 0.717) is 0 Å². The van der Waals surface area contributed by atoms with Crippen LogP contribution in [0.2, 0.25) is 0 Å². The number of rotatable bonds is 16. The van der Waals surface area contributed by atoms with Gasteiger partial charge in [-0.05, 0) is 19.8 Å². The molecule has 0 aromatic carbocycles. The minimum atomic E-state index is -0.661. The van der Waals surface area contributed by atoms with Crippen molar-refractivity contribution in [3.05, 3.63) is 0 Å². The fourth-order valence-corrected chi connectivity index (χ4v) is 2.78. The lowest BCUT2D eigenvalue weighted by Gasteiger charge is -2.06. The van der Waals surface area contributed by atoms with Crippen molar-refractivity contribution in [1.82, 2.24) is 0 Å². The van der Waals surface area contributed by atoms with Gasteiger partial charge in [-0.15, -0.1) is 0 Å². The zero-order chi connectivity index (χ0) is 16.6. The van der Waals surface area contributed by atoms with E-state index in [9.17, 15) is 4.79 Å². The average Bonchev–Trinajstić information content (AvgIpc) is 2.46. The molecule has 0 aromatic heterocycles. The van der Waals surface area contributed by atoms with Gasteiger partial charge in [-0.1, -0.05) is 84.0 Å². The number of carbonyl (C=O) groups is 1. The van der Waals surface area contributed by atoms with Crippen LogP contribution >= 0.6 is 0 Å². The summed E-state index contributed by atoms with van der Waals surface area (Å²) in [5.74, 6) is -0.841. The maximum absolute atomic E-state index is 10.7. The third kappa shape index (κ3) is 15.8. The van der Waals surface area contributed by atoms with E-state index in [0.717, 1.165) is 25.7 Å². The molecule has 0 radical (unpaired) electrons. The lowest BCUT2D eigenvalue weighted by atomic mass is 10.0. The summed E-state index contributed by atoms with van der Waals surface area (Å²) in [6, 6.07) is 0. The Bertz CT molecular complexity index is 251. The van der Waals surface area contributed by atoms with Crippen molar-refractivity contribution in [2.24, 2.45) is 5.92 Å². The lowest BCUT2D eigenvalue weighted by molar-refractivity contribution is -0.141. The molecule has 0 bridgehead atoms. The first-order valence-electron chi connectivity index (χ1n) is 9.45. The van der Waals surface area contributed by atoms with Crippen LogP contribution in [0.5, 0.6) is 0 Å². The first-order valence-corrected chi connectivity index (χ1v) is 9.45. The van der Waals surface area contributed by atoms with Crippen molar-refractivity contribution in [3.63, 3.8) is 0 Å². The highest BCUT2D eigenvalue weighted by Gasteiger charge is 2.09. The van der Waals surface area contributed by atoms with Crippen LogP contribution in [-0.4, -0.2) is 22.3 Å². The predicted molar refractivity (Wildman–Crippen MR) is 93.1 cm³/mol. The van der Waals surface area contributed by atoms with Crippen molar-refractivity contribution in [1.29, 1.82) is 0 Å². The molecule has 2 atom stereocenters. The Morgan fingerprint density at radius 2 is 1.00 bits per heavy atom. The largest absolute Gasteiger partial charge is 0.481 e. The SMILES string of the molecule is CC(O)CCCCCCCCCCCCCCC(C)C(=O)O. The zero-order valence-corrected chi connectivity index (χ0v) is 14.9. The van der Waals surface area contributed by atoms with Crippen LogP contribution in [0, 0.1) is 5.92 Å². The average molecular weight is 315 g/mol. The highest BCUT2D eigenvalue weighted by molar-refractivity contribution is 5.69. The van der Waals surface area contributed by atoms with Crippen LogP contribution < -0.4 is 0 Å². The van der Waals surface area contributed by atoms with E-state index >= 15 is 0 Å². The molecular formula is C19H38O3. The first-order chi connectivity index (χ1) is 10.5. The normalized spacial score (nSPS) is 14.0. The molecule has 2 N–H and O–H groups in total. The number of carboxylic acid groups (broad SMARTS) is 1. The molecule has 2 unspecified atom stereocenters. The Kier molecular flexibility index (Phi) is 14.9. The summed E-state index contributed by atoms with van der Waals surface area (Å²) < 4.78 is 0. The molecule has 0 saturated carbocycles. The number of hydrogen-bond donors (Lipinski definition) is 2. The number of hydrogen-bond acceptors (Lipinski definition) is 2. The third-order valence-corrected chi connectivity index (χ3v) is 4.43. The number of aliphatic hydroxyl groups excluding tert-OH is 1. The molecule has 0 aliphatic rings. The van der Waals surface area contributed by atoms with E-state index in [-0.39, 0.29) is 12.0 Å². The molecule has 0 rings (SSSR count). The second kappa shape index (κ2) is 15.3. The van der Waals surface area contributed by atoms with Gasteiger partial charge in [0.15, 0.2) is 0 Å². The number of aliphatic carboxylic acids is 1. The fraction of sp³-hybridized carbons (Fsp3) is 0.947. The van der Waals surface area contributed by atoms with E-state index < -0.39 is 5.97 Å². The van der Waals surface area contributed by atoms with Crippen molar-refractivity contribution in [3.8, 4) is 0 Å².